The molecule has 3 unspecified atom stereocenters. The van der Waals surface area contributed by atoms with Crippen LogP contribution in [0, 0.1) is 5.92 Å². The Morgan fingerprint density at radius 3 is 3.00 bits per heavy atom. The number of carbonyl (C=O) groups excluding carboxylic acids is 1. The summed E-state index contributed by atoms with van der Waals surface area (Å²) in [6, 6.07) is 0.279. The normalized spacial score (nSPS) is 28.5. The molecule has 0 radical (unpaired) electrons. The summed E-state index contributed by atoms with van der Waals surface area (Å²) in [5.74, 6) is 0.146. The molecule has 88 valence electrons. The lowest BCUT2D eigenvalue weighted by molar-refractivity contribution is -0.126. The van der Waals surface area contributed by atoms with Crippen LogP contribution < -0.4 is 11.1 Å². The Morgan fingerprint density at radius 2 is 2.40 bits per heavy atom. The molecule has 1 heterocycles. The van der Waals surface area contributed by atoms with E-state index in [0.29, 0.717) is 6.54 Å². The van der Waals surface area contributed by atoms with E-state index in [1.54, 1.807) is 0 Å². The molecule has 0 saturated carbocycles. The fourth-order valence-corrected chi connectivity index (χ4v) is 1.85. The van der Waals surface area contributed by atoms with Gasteiger partial charge in [0, 0.05) is 18.6 Å². The van der Waals surface area contributed by atoms with Gasteiger partial charge in [-0.1, -0.05) is 6.92 Å². The van der Waals surface area contributed by atoms with Crippen LogP contribution in [0.4, 0.5) is 0 Å². The number of ether oxygens (including phenoxy) is 1. The minimum absolute atomic E-state index is 0.0214. The van der Waals surface area contributed by atoms with Gasteiger partial charge in [-0.2, -0.15) is 0 Å². The Morgan fingerprint density at radius 1 is 1.67 bits per heavy atom. The predicted octanol–water partition coefficient (Wildman–Crippen LogP) is 0.655. The molecular weight excluding hydrogens is 192 g/mol. The molecule has 1 fully saturated rings. The summed E-state index contributed by atoms with van der Waals surface area (Å²) >= 11 is 0. The molecule has 1 rings (SSSR count). The summed E-state index contributed by atoms with van der Waals surface area (Å²) in [4.78, 5) is 11.7. The van der Waals surface area contributed by atoms with Crippen LogP contribution in [0.15, 0.2) is 0 Å². The van der Waals surface area contributed by atoms with Gasteiger partial charge in [-0.25, -0.2) is 0 Å². The van der Waals surface area contributed by atoms with Gasteiger partial charge in [-0.15, -0.1) is 0 Å². The monoisotopic (exact) mass is 214 g/mol. The van der Waals surface area contributed by atoms with Crippen LogP contribution >= 0.6 is 0 Å². The number of carbonyl (C=O) groups is 1. The van der Waals surface area contributed by atoms with Crippen molar-refractivity contribution in [2.45, 2.75) is 45.3 Å². The first-order valence-electron chi connectivity index (χ1n) is 5.75. The summed E-state index contributed by atoms with van der Waals surface area (Å²) in [5.41, 5.74) is 5.42. The lowest BCUT2D eigenvalue weighted by atomic mass is 10.0. The summed E-state index contributed by atoms with van der Waals surface area (Å²) in [5, 5.41) is 3.06. The topological polar surface area (TPSA) is 64.4 Å². The molecule has 1 aliphatic heterocycles. The number of rotatable bonds is 4. The average molecular weight is 214 g/mol. The average Bonchev–Trinajstić information content (AvgIpc) is 2.18. The molecule has 3 atom stereocenters. The molecule has 4 heteroatoms. The number of nitrogens with two attached hydrogens (primary N) is 1. The van der Waals surface area contributed by atoms with Crippen molar-refractivity contribution in [1.82, 2.24) is 5.32 Å². The molecule has 15 heavy (non-hydrogen) atoms. The lowest BCUT2D eigenvalue weighted by Crippen LogP contribution is -2.43. The smallest absolute Gasteiger partial charge is 0.223 e. The molecule has 1 aliphatic rings. The highest BCUT2D eigenvalue weighted by molar-refractivity contribution is 5.78. The van der Waals surface area contributed by atoms with E-state index < -0.39 is 0 Å². The van der Waals surface area contributed by atoms with Gasteiger partial charge >= 0.3 is 0 Å². The van der Waals surface area contributed by atoms with Crippen molar-refractivity contribution in [3.8, 4) is 0 Å². The van der Waals surface area contributed by atoms with Crippen LogP contribution in [-0.2, 0) is 9.53 Å². The highest BCUT2D eigenvalue weighted by Crippen LogP contribution is 2.14. The SMILES string of the molecule is CC1CC(NC(=O)C(C)CCN)CCO1. The molecule has 0 spiro atoms. The third kappa shape index (κ3) is 4.18. The first-order chi connectivity index (χ1) is 7.13. The van der Waals surface area contributed by atoms with Gasteiger partial charge in [0.15, 0.2) is 0 Å². The number of hydrogen-bond acceptors (Lipinski definition) is 3. The zero-order chi connectivity index (χ0) is 11.3. The first-order valence-corrected chi connectivity index (χ1v) is 5.75. The van der Waals surface area contributed by atoms with Crippen LogP contribution in [0.25, 0.3) is 0 Å². The van der Waals surface area contributed by atoms with Crippen molar-refractivity contribution in [3.05, 3.63) is 0 Å². The highest BCUT2D eigenvalue weighted by atomic mass is 16.5. The zero-order valence-corrected chi connectivity index (χ0v) is 9.66. The molecule has 0 bridgehead atoms. The second-order valence-electron chi connectivity index (χ2n) is 4.39. The maximum absolute atomic E-state index is 11.7. The Balaban J connectivity index is 2.30. The van der Waals surface area contributed by atoms with E-state index in [1.807, 2.05) is 13.8 Å². The van der Waals surface area contributed by atoms with Gasteiger partial charge in [0.25, 0.3) is 0 Å². The maximum Gasteiger partial charge on any atom is 0.223 e. The van der Waals surface area contributed by atoms with Gasteiger partial charge < -0.3 is 15.8 Å². The zero-order valence-electron chi connectivity index (χ0n) is 9.66. The van der Waals surface area contributed by atoms with Crippen molar-refractivity contribution in [3.63, 3.8) is 0 Å². The van der Waals surface area contributed by atoms with E-state index >= 15 is 0 Å². The second kappa shape index (κ2) is 6.08. The standard InChI is InChI=1S/C11H22N2O2/c1-8(3-5-12)11(14)13-10-4-6-15-9(2)7-10/h8-10H,3-7,12H2,1-2H3,(H,13,14). The molecule has 4 nitrogen and oxygen atoms in total. The van der Waals surface area contributed by atoms with Crippen molar-refractivity contribution in [2.75, 3.05) is 13.2 Å². The predicted molar refractivity (Wildman–Crippen MR) is 59.4 cm³/mol. The Labute approximate surface area is 91.5 Å². The van der Waals surface area contributed by atoms with Crippen molar-refractivity contribution in [1.29, 1.82) is 0 Å². The fourth-order valence-electron chi connectivity index (χ4n) is 1.85. The van der Waals surface area contributed by atoms with Crippen LogP contribution in [0.2, 0.25) is 0 Å². The fraction of sp³-hybridized carbons (Fsp3) is 0.909. The molecule has 1 saturated heterocycles. The van der Waals surface area contributed by atoms with E-state index in [0.717, 1.165) is 25.9 Å². The molecule has 0 aromatic heterocycles. The Bertz CT molecular complexity index is 209. The number of hydrogen-bond donors (Lipinski definition) is 2. The van der Waals surface area contributed by atoms with Crippen LogP contribution in [0.1, 0.15) is 33.1 Å². The van der Waals surface area contributed by atoms with Crippen LogP contribution in [-0.4, -0.2) is 31.2 Å². The van der Waals surface area contributed by atoms with E-state index in [9.17, 15) is 4.79 Å². The van der Waals surface area contributed by atoms with E-state index in [4.69, 9.17) is 10.5 Å². The quantitative estimate of drug-likeness (QED) is 0.722. The third-order valence-electron chi connectivity index (χ3n) is 2.88. The maximum atomic E-state index is 11.7. The molecule has 0 aromatic carbocycles. The molecule has 1 amide bonds. The Kier molecular flexibility index (Phi) is 5.05. The molecular formula is C11H22N2O2. The lowest BCUT2D eigenvalue weighted by Gasteiger charge is -2.28. The number of nitrogens with one attached hydrogen (secondary N) is 1. The first kappa shape index (κ1) is 12.5. The third-order valence-corrected chi connectivity index (χ3v) is 2.88. The van der Waals surface area contributed by atoms with Crippen molar-refractivity contribution < 1.29 is 9.53 Å². The minimum atomic E-state index is 0.0214. The summed E-state index contributed by atoms with van der Waals surface area (Å²) < 4.78 is 5.43. The van der Waals surface area contributed by atoms with E-state index in [-0.39, 0.29) is 24.0 Å². The molecule has 3 N–H and O–H groups in total. The van der Waals surface area contributed by atoms with Gasteiger partial charge in [-0.3, -0.25) is 4.79 Å². The van der Waals surface area contributed by atoms with Crippen LogP contribution in [0.3, 0.4) is 0 Å². The van der Waals surface area contributed by atoms with Gasteiger partial charge in [0.05, 0.1) is 6.10 Å². The van der Waals surface area contributed by atoms with E-state index in [1.165, 1.54) is 0 Å². The van der Waals surface area contributed by atoms with Gasteiger partial charge in [0.2, 0.25) is 5.91 Å². The number of amides is 1. The van der Waals surface area contributed by atoms with Crippen molar-refractivity contribution >= 4 is 5.91 Å². The van der Waals surface area contributed by atoms with Crippen molar-refractivity contribution in [2.24, 2.45) is 11.7 Å². The molecule has 0 aliphatic carbocycles. The Hall–Kier alpha value is -0.610. The second-order valence-corrected chi connectivity index (χ2v) is 4.39. The minimum Gasteiger partial charge on any atom is -0.378 e. The highest BCUT2D eigenvalue weighted by Gasteiger charge is 2.22. The van der Waals surface area contributed by atoms with Gasteiger partial charge in [0.1, 0.15) is 0 Å². The summed E-state index contributed by atoms with van der Waals surface area (Å²) in [7, 11) is 0. The summed E-state index contributed by atoms with van der Waals surface area (Å²) in [6.07, 6.45) is 2.85. The summed E-state index contributed by atoms with van der Waals surface area (Å²) in [6.45, 7) is 5.28. The van der Waals surface area contributed by atoms with Gasteiger partial charge in [-0.05, 0) is 32.7 Å². The van der Waals surface area contributed by atoms with E-state index in [2.05, 4.69) is 5.32 Å². The van der Waals surface area contributed by atoms with Crippen LogP contribution in [0.5, 0.6) is 0 Å². The largest absolute Gasteiger partial charge is 0.378 e. The molecule has 0 aromatic rings.